The topological polar surface area (TPSA) is 108 Å². The molecule has 0 saturated carbocycles. The van der Waals surface area contributed by atoms with Gasteiger partial charge >= 0.3 is 0 Å². The fourth-order valence-electron chi connectivity index (χ4n) is 5.59. The van der Waals surface area contributed by atoms with Crippen LogP contribution < -0.4 is 10.0 Å². The minimum atomic E-state index is -3.81. The lowest BCUT2D eigenvalue weighted by Crippen LogP contribution is -2.46. The number of carbonyl (C=O) groups is 1. The van der Waals surface area contributed by atoms with E-state index < -0.39 is 10.0 Å². The monoisotopic (exact) mass is 531 g/mol. The van der Waals surface area contributed by atoms with Crippen molar-refractivity contribution in [2.45, 2.75) is 83.3 Å². The molecule has 2 aliphatic rings. The Balaban J connectivity index is 1.50. The SMILES string of the molecule is Cc1noc(C)c1S(=O)(=O)NCCC(=O)N1Cc2ccccc2NCC[C@H]2CC[C@@H](C1)N2CCC(C)C. The van der Waals surface area contributed by atoms with Crippen LogP contribution in [0.1, 0.15) is 63.0 Å². The number of rotatable bonds is 8. The van der Waals surface area contributed by atoms with Crippen LogP contribution in [0.2, 0.25) is 0 Å². The highest BCUT2D eigenvalue weighted by atomic mass is 32.2. The third-order valence-corrected chi connectivity index (χ3v) is 9.26. The normalized spacial score (nSPS) is 20.9. The van der Waals surface area contributed by atoms with Crippen molar-refractivity contribution in [1.29, 1.82) is 0 Å². The van der Waals surface area contributed by atoms with Crippen LogP contribution in [0.15, 0.2) is 33.7 Å². The second kappa shape index (κ2) is 12.0. The zero-order valence-corrected chi connectivity index (χ0v) is 23.3. The van der Waals surface area contributed by atoms with Gasteiger partial charge in [0.05, 0.1) is 0 Å². The fraction of sp³-hybridized carbons (Fsp3) is 0.630. The van der Waals surface area contributed by atoms with Gasteiger partial charge in [-0.1, -0.05) is 37.2 Å². The molecule has 1 amide bonds. The summed E-state index contributed by atoms with van der Waals surface area (Å²) in [5.74, 6) is 0.816. The lowest BCUT2D eigenvalue weighted by atomic mass is 10.1. The molecule has 9 nitrogen and oxygen atoms in total. The Labute approximate surface area is 221 Å². The number of anilines is 1. The molecule has 2 atom stereocenters. The summed E-state index contributed by atoms with van der Waals surface area (Å²) >= 11 is 0. The van der Waals surface area contributed by atoms with Crippen molar-refractivity contribution in [2.75, 3.05) is 31.5 Å². The Morgan fingerprint density at radius 1 is 1.19 bits per heavy atom. The Kier molecular flexibility index (Phi) is 8.92. The molecule has 2 aromatic rings. The first-order valence-corrected chi connectivity index (χ1v) is 14.9. The van der Waals surface area contributed by atoms with Crippen LogP contribution in [0.5, 0.6) is 0 Å². The Hall–Kier alpha value is -2.43. The molecular weight excluding hydrogens is 490 g/mol. The molecule has 37 heavy (non-hydrogen) atoms. The van der Waals surface area contributed by atoms with Gasteiger partial charge in [0.15, 0.2) is 5.76 Å². The van der Waals surface area contributed by atoms with E-state index in [9.17, 15) is 13.2 Å². The molecule has 2 N–H and O–H groups in total. The highest BCUT2D eigenvalue weighted by Gasteiger charge is 2.35. The van der Waals surface area contributed by atoms with Gasteiger partial charge in [0.25, 0.3) is 0 Å². The number of nitrogens with one attached hydrogen (secondary N) is 2. The number of aromatic nitrogens is 1. The van der Waals surface area contributed by atoms with Crippen LogP contribution in [0.3, 0.4) is 0 Å². The van der Waals surface area contributed by atoms with E-state index in [2.05, 4.69) is 46.1 Å². The molecule has 2 aliphatic heterocycles. The maximum Gasteiger partial charge on any atom is 0.245 e. The van der Waals surface area contributed by atoms with E-state index in [0.29, 0.717) is 36.8 Å². The minimum Gasteiger partial charge on any atom is -0.385 e. The molecule has 0 radical (unpaired) electrons. The standard InChI is InChI=1S/C27H41N5O4S/c1-19(2)13-16-32-23-9-10-24(32)18-31(17-22-7-5-6-8-25(22)28-14-11-23)26(33)12-15-29-37(34,35)27-20(3)30-36-21(27)4/h5-8,19,23-24,28-29H,9-18H2,1-4H3/t23-,24+/m1/s1. The molecule has 1 fully saturated rings. The molecule has 0 unspecified atom stereocenters. The number of para-hydroxylation sites is 1. The first kappa shape index (κ1) is 27.6. The number of nitrogens with zero attached hydrogens (tertiary/aromatic N) is 3. The highest BCUT2D eigenvalue weighted by Crippen LogP contribution is 2.30. The maximum atomic E-state index is 13.5. The largest absolute Gasteiger partial charge is 0.385 e. The number of sulfonamides is 1. The number of benzene rings is 1. The molecule has 1 aromatic heterocycles. The van der Waals surface area contributed by atoms with E-state index in [-0.39, 0.29) is 29.5 Å². The zero-order valence-electron chi connectivity index (χ0n) is 22.5. The number of carbonyl (C=O) groups excluding carboxylic acids is 1. The number of hydrogen-bond acceptors (Lipinski definition) is 7. The summed E-state index contributed by atoms with van der Waals surface area (Å²) in [7, 11) is -3.81. The number of fused-ring (bicyclic) bond motifs is 3. The zero-order chi connectivity index (χ0) is 26.6. The Morgan fingerprint density at radius 3 is 2.68 bits per heavy atom. The summed E-state index contributed by atoms with van der Waals surface area (Å²) in [6, 6.07) is 8.99. The summed E-state index contributed by atoms with van der Waals surface area (Å²) in [6.07, 6.45) is 4.52. The van der Waals surface area contributed by atoms with Gasteiger partial charge in [-0.25, -0.2) is 13.1 Å². The third-order valence-electron chi connectivity index (χ3n) is 7.56. The van der Waals surface area contributed by atoms with Crippen molar-refractivity contribution in [3.8, 4) is 0 Å². The number of amides is 1. The Bertz CT molecular complexity index is 1160. The molecule has 10 heteroatoms. The number of hydrogen-bond donors (Lipinski definition) is 2. The van der Waals surface area contributed by atoms with Gasteiger partial charge in [0.1, 0.15) is 10.6 Å². The molecule has 3 heterocycles. The average molecular weight is 532 g/mol. The molecule has 204 valence electrons. The van der Waals surface area contributed by atoms with Crippen LogP contribution >= 0.6 is 0 Å². The summed E-state index contributed by atoms with van der Waals surface area (Å²) in [6.45, 7) is 10.8. The van der Waals surface area contributed by atoms with Crippen LogP contribution in [0.4, 0.5) is 5.69 Å². The van der Waals surface area contributed by atoms with Gasteiger partial charge in [0.2, 0.25) is 15.9 Å². The predicted molar refractivity (Wildman–Crippen MR) is 144 cm³/mol. The summed E-state index contributed by atoms with van der Waals surface area (Å²) in [4.78, 5) is 18.1. The highest BCUT2D eigenvalue weighted by molar-refractivity contribution is 7.89. The van der Waals surface area contributed by atoms with E-state index in [0.717, 1.165) is 50.0 Å². The van der Waals surface area contributed by atoms with Crippen molar-refractivity contribution in [1.82, 2.24) is 19.7 Å². The van der Waals surface area contributed by atoms with E-state index >= 15 is 0 Å². The van der Waals surface area contributed by atoms with E-state index in [1.54, 1.807) is 13.8 Å². The van der Waals surface area contributed by atoms with Crippen molar-refractivity contribution in [3.05, 3.63) is 41.3 Å². The molecule has 4 rings (SSSR count). The van der Waals surface area contributed by atoms with Gasteiger partial charge in [-0.2, -0.15) is 0 Å². The second-order valence-electron chi connectivity index (χ2n) is 10.8. The lowest BCUT2D eigenvalue weighted by Gasteiger charge is -2.34. The molecule has 0 spiro atoms. The van der Waals surface area contributed by atoms with E-state index in [4.69, 9.17) is 4.52 Å². The van der Waals surface area contributed by atoms with Gasteiger partial charge in [-0.05, 0) is 63.6 Å². The molecule has 1 aromatic carbocycles. The van der Waals surface area contributed by atoms with Crippen LogP contribution in [0, 0.1) is 19.8 Å². The van der Waals surface area contributed by atoms with Crippen molar-refractivity contribution >= 4 is 21.6 Å². The van der Waals surface area contributed by atoms with Crippen LogP contribution in [-0.2, 0) is 21.4 Å². The first-order chi connectivity index (χ1) is 17.7. The quantitative estimate of drug-likeness (QED) is 0.535. The van der Waals surface area contributed by atoms with Gasteiger partial charge < -0.3 is 14.7 Å². The summed E-state index contributed by atoms with van der Waals surface area (Å²) in [5, 5.41) is 7.35. The maximum absolute atomic E-state index is 13.5. The van der Waals surface area contributed by atoms with E-state index in [1.165, 1.54) is 0 Å². The predicted octanol–water partition coefficient (Wildman–Crippen LogP) is 3.68. The number of aryl methyl sites for hydroxylation is 2. The van der Waals surface area contributed by atoms with Crippen LogP contribution in [0.25, 0.3) is 0 Å². The van der Waals surface area contributed by atoms with Crippen molar-refractivity contribution < 1.29 is 17.7 Å². The summed E-state index contributed by atoms with van der Waals surface area (Å²) < 4.78 is 33.2. The Morgan fingerprint density at radius 2 is 1.95 bits per heavy atom. The molecule has 1 saturated heterocycles. The van der Waals surface area contributed by atoms with Gasteiger partial charge in [0, 0.05) is 50.4 Å². The van der Waals surface area contributed by atoms with Crippen molar-refractivity contribution in [2.24, 2.45) is 5.92 Å². The van der Waals surface area contributed by atoms with Crippen LogP contribution in [-0.4, -0.2) is 67.5 Å². The third kappa shape index (κ3) is 6.72. The molecule has 0 aliphatic carbocycles. The van der Waals surface area contributed by atoms with Gasteiger partial charge in [-0.3, -0.25) is 9.69 Å². The van der Waals surface area contributed by atoms with Crippen molar-refractivity contribution in [3.63, 3.8) is 0 Å². The summed E-state index contributed by atoms with van der Waals surface area (Å²) in [5.41, 5.74) is 2.45. The minimum absolute atomic E-state index is 0.0198. The second-order valence-corrected chi connectivity index (χ2v) is 12.5. The van der Waals surface area contributed by atoms with E-state index in [1.807, 2.05) is 17.0 Å². The smallest absolute Gasteiger partial charge is 0.245 e. The average Bonchev–Trinajstić information content (AvgIpc) is 3.38. The van der Waals surface area contributed by atoms with Gasteiger partial charge in [-0.15, -0.1) is 0 Å². The lowest BCUT2D eigenvalue weighted by molar-refractivity contribution is -0.132. The molecular formula is C27H41N5O4S. The fourth-order valence-corrected chi connectivity index (χ4v) is 6.95. The molecule has 2 bridgehead atoms. The first-order valence-electron chi connectivity index (χ1n) is 13.4.